The molecule has 0 aliphatic heterocycles. The Labute approximate surface area is 185 Å². The van der Waals surface area contributed by atoms with Gasteiger partial charge >= 0.3 is 0 Å². The normalized spacial score (nSPS) is 11.7. The number of rotatable bonds is 11. The van der Waals surface area contributed by atoms with Gasteiger partial charge in [0.05, 0.1) is 7.11 Å². The second-order valence-electron chi connectivity index (χ2n) is 7.67. The molecule has 0 aliphatic carbocycles. The molecule has 0 saturated heterocycles. The maximum Gasteiger partial charge on any atom is 0.261 e. The third-order valence-electron chi connectivity index (χ3n) is 5.14. The summed E-state index contributed by atoms with van der Waals surface area (Å²) in [6.45, 7) is 8.64. The van der Waals surface area contributed by atoms with Crippen LogP contribution >= 0.6 is 0 Å². The van der Waals surface area contributed by atoms with Crippen LogP contribution in [0.1, 0.15) is 51.2 Å². The average Bonchev–Trinajstić information content (AvgIpc) is 2.78. The Kier molecular flexibility index (Phi) is 9.38. The number of carbonyl (C=O) groups excluding carboxylic acids is 2. The first-order valence-corrected chi connectivity index (χ1v) is 10.8. The van der Waals surface area contributed by atoms with E-state index in [0.717, 1.165) is 16.9 Å². The van der Waals surface area contributed by atoms with Crippen molar-refractivity contribution in [2.75, 3.05) is 20.3 Å². The molecule has 0 saturated carbocycles. The summed E-state index contributed by atoms with van der Waals surface area (Å²) in [6.07, 6.45) is 0.510. The number of hydrogen-bond donors (Lipinski definition) is 1. The van der Waals surface area contributed by atoms with Gasteiger partial charge in [-0.3, -0.25) is 9.59 Å². The number of carbonyl (C=O) groups is 2. The quantitative estimate of drug-likeness (QED) is 0.586. The lowest BCUT2D eigenvalue weighted by atomic mass is 10.0. The minimum atomic E-state index is -0.571. The smallest absolute Gasteiger partial charge is 0.261 e. The van der Waals surface area contributed by atoms with E-state index >= 15 is 0 Å². The summed E-state index contributed by atoms with van der Waals surface area (Å²) >= 11 is 0. The van der Waals surface area contributed by atoms with Crippen molar-refractivity contribution in [1.29, 1.82) is 0 Å². The van der Waals surface area contributed by atoms with E-state index in [0.29, 0.717) is 25.3 Å². The van der Waals surface area contributed by atoms with E-state index in [1.54, 1.807) is 12.0 Å². The van der Waals surface area contributed by atoms with Crippen LogP contribution < -0.4 is 14.8 Å². The van der Waals surface area contributed by atoms with Gasteiger partial charge in [-0.05, 0) is 48.6 Å². The average molecular weight is 427 g/mol. The molecule has 0 fully saturated rings. The number of likely N-dealkylation sites (N-methyl/N-ethyl adjacent to an activating group) is 1. The van der Waals surface area contributed by atoms with Crippen molar-refractivity contribution in [3.05, 3.63) is 59.7 Å². The lowest BCUT2D eigenvalue weighted by Crippen LogP contribution is -2.50. The third-order valence-corrected chi connectivity index (χ3v) is 5.14. The zero-order valence-electron chi connectivity index (χ0n) is 19.2. The number of nitrogens with zero attached hydrogens (tertiary/aromatic N) is 1. The fraction of sp³-hybridized carbons (Fsp3) is 0.440. The second-order valence-corrected chi connectivity index (χ2v) is 7.67. The largest absolute Gasteiger partial charge is 0.497 e. The van der Waals surface area contributed by atoms with Crippen molar-refractivity contribution in [3.8, 4) is 11.5 Å². The molecule has 2 amide bonds. The molecule has 2 rings (SSSR count). The molecule has 0 unspecified atom stereocenters. The maximum absolute atomic E-state index is 13.2. The van der Waals surface area contributed by atoms with Gasteiger partial charge in [-0.25, -0.2) is 0 Å². The van der Waals surface area contributed by atoms with Crippen LogP contribution in [0.3, 0.4) is 0 Å². The van der Waals surface area contributed by atoms with Crippen LogP contribution in [-0.2, 0) is 16.1 Å². The first kappa shape index (κ1) is 24.3. The van der Waals surface area contributed by atoms with E-state index in [9.17, 15) is 9.59 Å². The zero-order chi connectivity index (χ0) is 22.8. The summed E-state index contributed by atoms with van der Waals surface area (Å²) in [4.78, 5) is 27.5. The van der Waals surface area contributed by atoms with Crippen LogP contribution in [0.25, 0.3) is 0 Å². The molecule has 6 nitrogen and oxygen atoms in total. The van der Waals surface area contributed by atoms with Crippen molar-refractivity contribution in [2.45, 2.75) is 52.6 Å². The Morgan fingerprint density at radius 3 is 2.29 bits per heavy atom. The Hall–Kier alpha value is -3.02. The Balaban J connectivity index is 2.23. The van der Waals surface area contributed by atoms with Crippen LogP contribution in [0.15, 0.2) is 48.5 Å². The SMILES string of the molecule is CCNC(=O)[C@H](CC)N(Cc1ccc(OC)cc1)C(=O)COc1ccccc1C(C)C. The molecule has 0 spiro atoms. The van der Waals surface area contributed by atoms with Crippen molar-refractivity contribution in [1.82, 2.24) is 10.2 Å². The number of benzene rings is 2. The van der Waals surface area contributed by atoms with E-state index in [2.05, 4.69) is 19.2 Å². The summed E-state index contributed by atoms with van der Waals surface area (Å²) in [6, 6.07) is 14.7. The number of methoxy groups -OCH3 is 1. The fourth-order valence-corrected chi connectivity index (χ4v) is 3.45. The highest BCUT2D eigenvalue weighted by Gasteiger charge is 2.28. The van der Waals surface area contributed by atoms with E-state index in [1.165, 1.54) is 0 Å². The summed E-state index contributed by atoms with van der Waals surface area (Å²) in [5, 5.41) is 2.84. The molecule has 0 heterocycles. The minimum absolute atomic E-state index is 0.129. The number of nitrogens with one attached hydrogen (secondary N) is 1. The highest BCUT2D eigenvalue weighted by Crippen LogP contribution is 2.26. The molecular weight excluding hydrogens is 392 g/mol. The summed E-state index contributed by atoms with van der Waals surface area (Å²) < 4.78 is 11.1. The molecule has 6 heteroatoms. The van der Waals surface area contributed by atoms with Crippen LogP contribution in [0, 0.1) is 0 Å². The van der Waals surface area contributed by atoms with Gasteiger partial charge in [0.25, 0.3) is 5.91 Å². The maximum atomic E-state index is 13.2. The molecule has 2 aromatic rings. The van der Waals surface area contributed by atoms with Crippen LogP contribution in [0.5, 0.6) is 11.5 Å². The standard InChI is InChI=1S/C25H34N2O4/c1-6-22(25(29)26-7-2)27(16-19-12-14-20(30-5)15-13-19)24(28)17-31-23-11-9-8-10-21(23)18(3)4/h8-15,18,22H,6-7,16-17H2,1-5H3,(H,26,29)/t22-/m0/s1. The van der Waals surface area contributed by atoms with E-state index in [1.807, 2.05) is 62.4 Å². The predicted molar refractivity (Wildman–Crippen MR) is 122 cm³/mol. The van der Waals surface area contributed by atoms with Gasteiger partial charge in [0.2, 0.25) is 5.91 Å². The lowest BCUT2D eigenvalue weighted by molar-refractivity contribution is -0.142. The first-order valence-electron chi connectivity index (χ1n) is 10.8. The van der Waals surface area contributed by atoms with E-state index in [4.69, 9.17) is 9.47 Å². The van der Waals surface area contributed by atoms with Gasteiger partial charge in [-0.15, -0.1) is 0 Å². The zero-order valence-corrected chi connectivity index (χ0v) is 19.2. The number of para-hydroxylation sites is 1. The van der Waals surface area contributed by atoms with Gasteiger partial charge in [-0.1, -0.05) is 51.1 Å². The van der Waals surface area contributed by atoms with Gasteiger partial charge in [0.1, 0.15) is 17.5 Å². The topological polar surface area (TPSA) is 67.9 Å². The van der Waals surface area contributed by atoms with Gasteiger partial charge in [-0.2, -0.15) is 0 Å². The molecule has 1 atom stereocenters. The van der Waals surface area contributed by atoms with E-state index in [-0.39, 0.29) is 24.3 Å². The van der Waals surface area contributed by atoms with Crippen LogP contribution in [0.4, 0.5) is 0 Å². The van der Waals surface area contributed by atoms with Gasteiger partial charge in [0, 0.05) is 13.1 Å². The molecule has 31 heavy (non-hydrogen) atoms. The number of ether oxygens (including phenoxy) is 2. The Bertz CT molecular complexity index is 849. The van der Waals surface area contributed by atoms with Crippen molar-refractivity contribution in [3.63, 3.8) is 0 Å². The molecule has 1 N–H and O–H groups in total. The first-order chi connectivity index (χ1) is 14.9. The minimum Gasteiger partial charge on any atom is -0.497 e. The Morgan fingerprint density at radius 2 is 1.71 bits per heavy atom. The highest BCUT2D eigenvalue weighted by atomic mass is 16.5. The van der Waals surface area contributed by atoms with Gasteiger partial charge < -0.3 is 19.7 Å². The molecule has 0 radical (unpaired) electrons. The van der Waals surface area contributed by atoms with Crippen LogP contribution in [0.2, 0.25) is 0 Å². The van der Waals surface area contributed by atoms with Crippen molar-refractivity contribution >= 4 is 11.8 Å². The molecule has 2 aromatic carbocycles. The molecule has 168 valence electrons. The summed E-state index contributed by atoms with van der Waals surface area (Å²) in [5.74, 6) is 1.33. The van der Waals surface area contributed by atoms with Crippen LogP contribution in [-0.4, -0.2) is 43.0 Å². The number of hydrogen-bond acceptors (Lipinski definition) is 4. The fourth-order valence-electron chi connectivity index (χ4n) is 3.45. The molecule has 0 bridgehead atoms. The van der Waals surface area contributed by atoms with Gasteiger partial charge in [0.15, 0.2) is 6.61 Å². The highest BCUT2D eigenvalue weighted by molar-refractivity contribution is 5.88. The summed E-state index contributed by atoms with van der Waals surface area (Å²) in [7, 11) is 1.61. The molecule has 0 aliphatic rings. The third kappa shape index (κ3) is 6.74. The summed E-state index contributed by atoms with van der Waals surface area (Å²) in [5.41, 5.74) is 1.97. The molecular formula is C25H34N2O4. The second kappa shape index (κ2) is 12.0. The van der Waals surface area contributed by atoms with E-state index < -0.39 is 6.04 Å². The number of amides is 2. The Morgan fingerprint density at radius 1 is 1.03 bits per heavy atom. The van der Waals surface area contributed by atoms with Crippen molar-refractivity contribution < 1.29 is 19.1 Å². The monoisotopic (exact) mass is 426 g/mol. The van der Waals surface area contributed by atoms with Crippen molar-refractivity contribution in [2.24, 2.45) is 0 Å². The molecule has 0 aromatic heterocycles. The predicted octanol–water partition coefficient (Wildman–Crippen LogP) is 4.14. The lowest BCUT2D eigenvalue weighted by Gasteiger charge is -2.30.